The fraction of sp³-hybridized carbons (Fsp3) is 0.278. The van der Waals surface area contributed by atoms with Gasteiger partial charge in [-0.25, -0.2) is 4.39 Å². The van der Waals surface area contributed by atoms with E-state index in [1.54, 1.807) is 18.2 Å². The molecule has 6 heteroatoms. The van der Waals surface area contributed by atoms with Gasteiger partial charge in [0.15, 0.2) is 0 Å². The first-order chi connectivity index (χ1) is 11.1. The molecule has 0 aromatic heterocycles. The summed E-state index contributed by atoms with van der Waals surface area (Å²) in [6.45, 7) is 1.52. The second-order valence-corrected chi connectivity index (χ2v) is 6.18. The van der Waals surface area contributed by atoms with Crippen molar-refractivity contribution in [1.29, 1.82) is 0 Å². The summed E-state index contributed by atoms with van der Waals surface area (Å²) >= 11 is 6.07. The summed E-state index contributed by atoms with van der Waals surface area (Å²) < 4.78 is 13.6. The Kier molecular flexibility index (Phi) is 6.60. The van der Waals surface area contributed by atoms with Gasteiger partial charge in [-0.3, -0.25) is 4.79 Å². The van der Waals surface area contributed by atoms with E-state index in [1.165, 1.54) is 12.1 Å². The van der Waals surface area contributed by atoms with Gasteiger partial charge in [0.05, 0.1) is 12.0 Å². The van der Waals surface area contributed by atoms with E-state index >= 15 is 0 Å². The van der Waals surface area contributed by atoms with Crippen molar-refractivity contribution >= 4 is 29.9 Å². The number of amides is 1. The lowest BCUT2D eigenvalue weighted by molar-refractivity contribution is -0.124. The van der Waals surface area contributed by atoms with Crippen molar-refractivity contribution in [2.75, 3.05) is 13.1 Å². The van der Waals surface area contributed by atoms with Crippen LogP contribution in [0.5, 0.6) is 0 Å². The third-order valence-corrected chi connectivity index (χ3v) is 4.32. The van der Waals surface area contributed by atoms with E-state index in [1.807, 2.05) is 18.2 Å². The molecule has 0 saturated carbocycles. The highest BCUT2D eigenvalue weighted by atomic mass is 35.5. The van der Waals surface area contributed by atoms with Crippen molar-refractivity contribution in [2.24, 2.45) is 5.92 Å². The lowest BCUT2D eigenvalue weighted by Gasteiger charge is -2.22. The quantitative estimate of drug-likeness (QED) is 0.863. The summed E-state index contributed by atoms with van der Waals surface area (Å²) in [5.74, 6) is -0.402. The number of carbonyl (C=O) groups excluding carboxylic acids is 1. The molecule has 2 aromatic carbocycles. The minimum atomic E-state index is -0.419. The third kappa shape index (κ3) is 4.47. The summed E-state index contributed by atoms with van der Waals surface area (Å²) in [4.78, 5) is 12.5. The van der Waals surface area contributed by atoms with Crippen molar-refractivity contribution in [3.8, 4) is 0 Å². The van der Waals surface area contributed by atoms with Crippen LogP contribution in [-0.2, 0) is 4.79 Å². The molecule has 1 amide bonds. The van der Waals surface area contributed by atoms with Gasteiger partial charge in [-0.15, -0.1) is 12.4 Å². The van der Waals surface area contributed by atoms with E-state index in [0.717, 1.165) is 18.5 Å². The lowest BCUT2D eigenvalue weighted by Crippen LogP contribution is -2.35. The molecule has 128 valence electrons. The van der Waals surface area contributed by atoms with Crippen LogP contribution >= 0.6 is 24.0 Å². The predicted octanol–water partition coefficient (Wildman–Crippen LogP) is 3.72. The summed E-state index contributed by atoms with van der Waals surface area (Å²) in [6, 6.07) is 13.1. The lowest BCUT2D eigenvalue weighted by atomic mass is 9.97. The summed E-state index contributed by atoms with van der Waals surface area (Å²) in [5.41, 5.74) is 1.54. The van der Waals surface area contributed by atoms with Crippen LogP contribution in [0.1, 0.15) is 23.6 Å². The van der Waals surface area contributed by atoms with Gasteiger partial charge in [-0.1, -0.05) is 35.9 Å². The molecule has 3 rings (SSSR count). The molecule has 2 unspecified atom stereocenters. The van der Waals surface area contributed by atoms with Crippen molar-refractivity contribution in [3.05, 3.63) is 70.5 Å². The molecule has 0 radical (unpaired) electrons. The minimum Gasteiger partial charge on any atom is -0.345 e. The molecule has 1 fully saturated rings. The molecule has 2 aromatic rings. The Morgan fingerprint density at radius 1 is 1.21 bits per heavy atom. The van der Waals surface area contributed by atoms with Gasteiger partial charge in [0.2, 0.25) is 5.91 Å². The van der Waals surface area contributed by atoms with Crippen LogP contribution in [0.3, 0.4) is 0 Å². The van der Waals surface area contributed by atoms with Crippen LogP contribution in [0.15, 0.2) is 48.5 Å². The van der Waals surface area contributed by atoms with E-state index in [4.69, 9.17) is 11.6 Å². The minimum absolute atomic E-state index is 0. The fourth-order valence-corrected chi connectivity index (χ4v) is 3.07. The van der Waals surface area contributed by atoms with E-state index < -0.39 is 6.04 Å². The highest BCUT2D eigenvalue weighted by Crippen LogP contribution is 2.26. The molecule has 1 aliphatic heterocycles. The molecule has 3 nitrogen and oxygen atoms in total. The molecule has 24 heavy (non-hydrogen) atoms. The Bertz CT molecular complexity index is 659. The molecule has 0 spiro atoms. The second-order valence-electron chi connectivity index (χ2n) is 5.74. The van der Waals surface area contributed by atoms with E-state index in [-0.39, 0.29) is 30.0 Å². The third-order valence-electron chi connectivity index (χ3n) is 4.08. The molecule has 0 bridgehead atoms. The summed E-state index contributed by atoms with van der Waals surface area (Å²) in [6.07, 6.45) is 0.817. The average molecular weight is 369 g/mol. The highest BCUT2D eigenvalue weighted by molar-refractivity contribution is 6.30. The summed E-state index contributed by atoms with van der Waals surface area (Å²) in [7, 11) is 0. The van der Waals surface area contributed by atoms with Crippen molar-refractivity contribution < 1.29 is 9.18 Å². The smallest absolute Gasteiger partial charge is 0.225 e. The highest BCUT2D eigenvalue weighted by Gasteiger charge is 2.26. The van der Waals surface area contributed by atoms with Crippen LogP contribution in [0.4, 0.5) is 4.39 Å². The SMILES string of the molecule is Cl.O=C(NC(c1cccc(F)c1)c1cccc(Cl)c1)C1CCNC1. The molecule has 2 atom stereocenters. The van der Waals surface area contributed by atoms with Gasteiger partial charge < -0.3 is 10.6 Å². The first kappa shape index (κ1) is 18.7. The molecule has 0 aliphatic carbocycles. The topological polar surface area (TPSA) is 41.1 Å². The normalized spacial score (nSPS) is 17.8. The zero-order chi connectivity index (χ0) is 16.2. The monoisotopic (exact) mass is 368 g/mol. The Morgan fingerprint density at radius 3 is 2.54 bits per heavy atom. The number of benzene rings is 2. The molecule has 2 N–H and O–H groups in total. The van der Waals surface area contributed by atoms with Crippen LogP contribution in [-0.4, -0.2) is 19.0 Å². The zero-order valence-corrected chi connectivity index (χ0v) is 14.5. The Morgan fingerprint density at radius 2 is 1.92 bits per heavy atom. The largest absolute Gasteiger partial charge is 0.345 e. The van der Waals surface area contributed by atoms with Crippen molar-refractivity contribution in [2.45, 2.75) is 12.5 Å². The zero-order valence-electron chi connectivity index (χ0n) is 13.0. The molecule has 1 heterocycles. The van der Waals surface area contributed by atoms with Crippen molar-refractivity contribution in [3.63, 3.8) is 0 Å². The first-order valence-electron chi connectivity index (χ1n) is 7.65. The van der Waals surface area contributed by atoms with Gasteiger partial charge in [0.1, 0.15) is 5.82 Å². The van der Waals surface area contributed by atoms with Gasteiger partial charge in [0.25, 0.3) is 0 Å². The molecular formula is C18H19Cl2FN2O. The van der Waals surface area contributed by atoms with Crippen molar-refractivity contribution in [1.82, 2.24) is 10.6 Å². The van der Waals surface area contributed by atoms with E-state index in [2.05, 4.69) is 10.6 Å². The summed E-state index contributed by atoms with van der Waals surface area (Å²) in [5, 5.41) is 6.81. The predicted molar refractivity (Wildman–Crippen MR) is 96.1 cm³/mol. The van der Waals surface area contributed by atoms with Gasteiger partial charge in [0, 0.05) is 11.6 Å². The van der Waals surface area contributed by atoms with Crippen LogP contribution in [0.25, 0.3) is 0 Å². The van der Waals surface area contributed by atoms with E-state index in [9.17, 15) is 9.18 Å². The number of hydrogen-bond acceptors (Lipinski definition) is 2. The first-order valence-corrected chi connectivity index (χ1v) is 8.03. The maximum Gasteiger partial charge on any atom is 0.225 e. The molecule has 1 aliphatic rings. The second kappa shape index (κ2) is 8.47. The number of halogens is 3. The standard InChI is InChI=1S/C18H18ClFN2O.ClH/c19-15-5-1-3-12(9-15)17(13-4-2-6-16(20)10-13)22-18(23)14-7-8-21-11-14;/h1-6,9-10,14,17,21H,7-8,11H2,(H,22,23);1H. The molecular weight excluding hydrogens is 350 g/mol. The Balaban J connectivity index is 0.00000208. The number of hydrogen-bond donors (Lipinski definition) is 2. The van der Waals surface area contributed by atoms with Crippen LogP contribution in [0, 0.1) is 11.7 Å². The number of nitrogens with one attached hydrogen (secondary N) is 2. The maximum atomic E-state index is 13.6. The fourth-order valence-electron chi connectivity index (χ4n) is 2.87. The van der Waals surface area contributed by atoms with Gasteiger partial charge in [-0.05, 0) is 48.4 Å². The average Bonchev–Trinajstić information content (AvgIpc) is 3.07. The molecule has 1 saturated heterocycles. The number of rotatable bonds is 4. The van der Waals surface area contributed by atoms with E-state index in [0.29, 0.717) is 17.1 Å². The van der Waals surface area contributed by atoms with Gasteiger partial charge in [-0.2, -0.15) is 0 Å². The maximum absolute atomic E-state index is 13.6. The van der Waals surface area contributed by atoms with Crippen LogP contribution < -0.4 is 10.6 Å². The Labute approximate surface area is 152 Å². The number of carbonyl (C=O) groups is 1. The van der Waals surface area contributed by atoms with Crippen LogP contribution in [0.2, 0.25) is 5.02 Å². The Hall–Kier alpha value is -1.62. The van der Waals surface area contributed by atoms with Gasteiger partial charge >= 0.3 is 0 Å².